The van der Waals surface area contributed by atoms with Gasteiger partial charge in [0.2, 0.25) is 5.88 Å². The maximum Gasteiger partial charge on any atom is 0.272 e. The Morgan fingerprint density at radius 3 is 2.67 bits per heavy atom. The van der Waals surface area contributed by atoms with E-state index in [4.69, 9.17) is 4.74 Å². The summed E-state index contributed by atoms with van der Waals surface area (Å²) in [6.07, 6.45) is 0.875. The molecule has 1 aromatic rings. The lowest BCUT2D eigenvalue weighted by Gasteiger charge is -2.21. The number of aliphatic hydroxyl groups excluding tert-OH is 1. The van der Waals surface area contributed by atoms with E-state index in [-0.39, 0.29) is 30.2 Å². The summed E-state index contributed by atoms with van der Waals surface area (Å²) in [5.74, 6) is 0.210. The lowest BCUT2D eigenvalue weighted by molar-refractivity contribution is 0.0885. The average molecular weight is 253 g/mol. The van der Waals surface area contributed by atoms with Crippen molar-refractivity contribution in [1.82, 2.24) is 15.5 Å². The second kappa shape index (κ2) is 6.90. The van der Waals surface area contributed by atoms with Crippen molar-refractivity contribution in [2.75, 3.05) is 13.7 Å². The van der Waals surface area contributed by atoms with Crippen LogP contribution in [-0.2, 0) is 0 Å². The average Bonchev–Trinajstić information content (AvgIpc) is 2.43. The van der Waals surface area contributed by atoms with Crippen LogP contribution in [0.4, 0.5) is 0 Å². The third-order valence-electron chi connectivity index (χ3n) is 2.93. The summed E-state index contributed by atoms with van der Waals surface area (Å²) in [5, 5.41) is 19.4. The Morgan fingerprint density at radius 2 is 2.22 bits per heavy atom. The first-order valence-corrected chi connectivity index (χ1v) is 5.91. The standard InChI is InChI=1S/C12H19N3O3/c1-4-8(2)10(7-16)13-12(17)9-5-6-11(18-3)15-14-9/h5-6,8,10,16H,4,7H2,1-3H3,(H,13,17)/t8-,10-/m0/s1. The number of amides is 1. The fourth-order valence-electron chi connectivity index (χ4n) is 1.44. The number of aliphatic hydroxyl groups is 1. The fraction of sp³-hybridized carbons (Fsp3) is 0.583. The molecule has 2 atom stereocenters. The molecule has 0 radical (unpaired) electrons. The van der Waals surface area contributed by atoms with E-state index < -0.39 is 0 Å². The molecule has 2 N–H and O–H groups in total. The van der Waals surface area contributed by atoms with Crippen molar-refractivity contribution >= 4 is 5.91 Å². The zero-order valence-corrected chi connectivity index (χ0v) is 10.9. The van der Waals surface area contributed by atoms with Gasteiger partial charge < -0.3 is 15.2 Å². The Labute approximate surface area is 106 Å². The molecule has 1 rings (SSSR count). The molecule has 0 fully saturated rings. The number of rotatable bonds is 6. The van der Waals surface area contributed by atoms with Crippen LogP contribution >= 0.6 is 0 Å². The summed E-state index contributed by atoms with van der Waals surface area (Å²) in [6.45, 7) is 3.89. The highest BCUT2D eigenvalue weighted by atomic mass is 16.5. The van der Waals surface area contributed by atoms with Crippen molar-refractivity contribution in [2.45, 2.75) is 26.3 Å². The van der Waals surface area contributed by atoms with Crippen LogP contribution in [0.3, 0.4) is 0 Å². The molecular formula is C12H19N3O3. The number of nitrogens with one attached hydrogen (secondary N) is 1. The lowest BCUT2D eigenvalue weighted by Crippen LogP contribution is -2.42. The Bertz CT molecular complexity index is 381. The van der Waals surface area contributed by atoms with E-state index in [1.54, 1.807) is 6.07 Å². The minimum Gasteiger partial charge on any atom is -0.480 e. The van der Waals surface area contributed by atoms with Crippen molar-refractivity contribution in [2.24, 2.45) is 5.92 Å². The zero-order valence-electron chi connectivity index (χ0n) is 10.9. The third-order valence-corrected chi connectivity index (χ3v) is 2.93. The molecular weight excluding hydrogens is 234 g/mol. The highest BCUT2D eigenvalue weighted by Crippen LogP contribution is 2.08. The Kier molecular flexibility index (Phi) is 5.51. The number of carbonyl (C=O) groups is 1. The van der Waals surface area contributed by atoms with Gasteiger partial charge in [-0.25, -0.2) is 0 Å². The number of carbonyl (C=O) groups excluding carboxylic acids is 1. The second-order valence-corrected chi connectivity index (χ2v) is 4.11. The molecule has 0 aliphatic heterocycles. The molecule has 0 aliphatic carbocycles. The van der Waals surface area contributed by atoms with Crippen LogP contribution < -0.4 is 10.1 Å². The molecule has 0 saturated carbocycles. The van der Waals surface area contributed by atoms with Crippen LogP contribution in [0.25, 0.3) is 0 Å². The smallest absolute Gasteiger partial charge is 0.272 e. The zero-order chi connectivity index (χ0) is 13.5. The van der Waals surface area contributed by atoms with E-state index in [0.29, 0.717) is 5.88 Å². The number of ether oxygens (including phenoxy) is 1. The fourth-order valence-corrected chi connectivity index (χ4v) is 1.44. The summed E-state index contributed by atoms with van der Waals surface area (Å²) in [4.78, 5) is 11.9. The van der Waals surface area contributed by atoms with Gasteiger partial charge in [0.15, 0.2) is 5.69 Å². The van der Waals surface area contributed by atoms with Gasteiger partial charge in [-0.3, -0.25) is 4.79 Å². The van der Waals surface area contributed by atoms with E-state index in [2.05, 4.69) is 15.5 Å². The van der Waals surface area contributed by atoms with Crippen LogP contribution in [0, 0.1) is 5.92 Å². The highest BCUT2D eigenvalue weighted by Gasteiger charge is 2.19. The minimum absolute atomic E-state index is 0.0929. The number of nitrogens with zero attached hydrogens (tertiary/aromatic N) is 2. The number of hydrogen-bond acceptors (Lipinski definition) is 5. The molecule has 0 bridgehead atoms. The highest BCUT2D eigenvalue weighted by molar-refractivity contribution is 5.92. The molecule has 6 heteroatoms. The number of hydrogen-bond donors (Lipinski definition) is 2. The van der Waals surface area contributed by atoms with Gasteiger partial charge in [-0.15, -0.1) is 10.2 Å². The van der Waals surface area contributed by atoms with Crippen molar-refractivity contribution in [3.8, 4) is 5.88 Å². The van der Waals surface area contributed by atoms with Crippen LogP contribution in [0.5, 0.6) is 5.88 Å². The Morgan fingerprint density at radius 1 is 1.50 bits per heavy atom. The van der Waals surface area contributed by atoms with E-state index >= 15 is 0 Å². The predicted octanol–water partition coefficient (Wildman–Crippen LogP) is 0.622. The van der Waals surface area contributed by atoms with Gasteiger partial charge in [0.05, 0.1) is 19.8 Å². The normalized spacial score (nSPS) is 13.8. The number of methoxy groups -OCH3 is 1. The van der Waals surface area contributed by atoms with Crippen molar-refractivity contribution in [3.05, 3.63) is 17.8 Å². The largest absolute Gasteiger partial charge is 0.480 e. The first-order chi connectivity index (χ1) is 8.62. The van der Waals surface area contributed by atoms with Crippen LogP contribution in [0.15, 0.2) is 12.1 Å². The summed E-state index contributed by atoms with van der Waals surface area (Å²) in [6, 6.07) is 2.83. The van der Waals surface area contributed by atoms with Gasteiger partial charge >= 0.3 is 0 Å². The molecule has 0 saturated heterocycles. The van der Waals surface area contributed by atoms with Gasteiger partial charge in [-0.1, -0.05) is 20.3 Å². The maximum atomic E-state index is 11.9. The second-order valence-electron chi connectivity index (χ2n) is 4.11. The molecule has 0 spiro atoms. The minimum atomic E-state index is -0.343. The van der Waals surface area contributed by atoms with Gasteiger partial charge in [0, 0.05) is 6.07 Å². The van der Waals surface area contributed by atoms with E-state index in [1.807, 2.05) is 13.8 Å². The molecule has 0 aromatic carbocycles. The van der Waals surface area contributed by atoms with E-state index in [0.717, 1.165) is 6.42 Å². The van der Waals surface area contributed by atoms with Crippen molar-refractivity contribution in [1.29, 1.82) is 0 Å². The first-order valence-electron chi connectivity index (χ1n) is 5.91. The summed E-state index contributed by atoms with van der Waals surface area (Å²) < 4.78 is 4.86. The SMILES string of the molecule is CC[C@H](C)[C@H](CO)NC(=O)c1ccc(OC)nn1. The first kappa shape index (κ1) is 14.4. The van der Waals surface area contributed by atoms with Crippen molar-refractivity contribution in [3.63, 3.8) is 0 Å². The topological polar surface area (TPSA) is 84.3 Å². The van der Waals surface area contributed by atoms with Crippen LogP contribution in [-0.4, -0.2) is 41.0 Å². The maximum absolute atomic E-state index is 11.9. The Balaban J connectivity index is 2.68. The number of aromatic nitrogens is 2. The molecule has 18 heavy (non-hydrogen) atoms. The quantitative estimate of drug-likeness (QED) is 0.776. The Hall–Kier alpha value is -1.69. The summed E-state index contributed by atoms with van der Waals surface area (Å²) >= 11 is 0. The van der Waals surface area contributed by atoms with Gasteiger partial charge in [-0.2, -0.15) is 0 Å². The monoisotopic (exact) mass is 253 g/mol. The molecule has 100 valence electrons. The van der Waals surface area contributed by atoms with Crippen LogP contribution in [0.2, 0.25) is 0 Å². The molecule has 0 unspecified atom stereocenters. The lowest BCUT2D eigenvalue weighted by atomic mass is 10.00. The van der Waals surface area contributed by atoms with Gasteiger partial charge in [0.25, 0.3) is 5.91 Å². The summed E-state index contributed by atoms with van der Waals surface area (Å²) in [7, 11) is 1.48. The predicted molar refractivity (Wildman–Crippen MR) is 66.4 cm³/mol. The summed E-state index contributed by atoms with van der Waals surface area (Å²) in [5.41, 5.74) is 0.206. The van der Waals surface area contributed by atoms with E-state index in [1.165, 1.54) is 13.2 Å². The molecule has 1 heterocycles. The molecule has 1 aromatic heterocycles. The van der Waals surface area contributed by atoms with Gasteiger partial charge in [0.1, 0.15) is 0 Å². The van der Waals surface area contributed by atoms with E-state index in [9.17, 15) is 9.90 Å². The third kappa shape index (κ3) is 3.66. The van der Waals surface area contributed by atoms with Crippen molar-refractivity contribution < 1.29 is 14.6 Å². The molecule has 0 aliphatic rings. The molecule has 1 amide bonds. The van der Waals surface area contributed by atoms with Gasteiger partial charge in [-0.05, 0) is 12.0 Å². The molecule has 6 nitrogen and oxygen atoms in total. The van der Waals surface area contributed by atoms with Crippen LogP contribution in [0.1, 0.15) is 30.8 Å².